The first-order valence-electron chi connectivity index (χ1n) is 4.95. The minimum absolute atomic E-state index is 0.0732. The van der Waals surface area contributed by atoms with E-state index < -0.39 is 0 Å². The number of hydrogen-bond donors (Lipinski definition) is 1. The molecule has 0 aliphatic heterocycles. The Morgan fingerprint density at radius 2 is 2.12 bits per heavy atom. The van der Waals surface area contributed by atoms with Gasteiger partial charge in [-0.05, 0) is 46.1 Å². The average Bonchev–Trinajstić information content (AvgIpc) is 2.25. The number of aliphatic hydroxyl groups excluding tert-OH is 1. The first kappa shape index (κ1) is 13.7. The molecule has 0 atom stereocenters. The molecule has 0 fully saturated rings. The summed E-state index contributed by atoms with van der Waals surface area (Å²) in [5, 5.41) is 9.16. The fraction of sp³-hybridized carbons (Fsp3) is 0.333. The zero-order valence-corrected chi connectivity index (χ0v) is 12.4. The van der Waals surface area contributed by atoms with E-state index >= 15 is 0 Å². The van der Waals surface area contributed by atoms with Gasteiger partial charge in [0.25, 0.3) is 0 Å². The number of ether oxygens (including phenoxy) is 1. The molecule has 0 aliphatic rings. The van der Waals surface area contributed by atoms with Crippen LogP contribution in [-0.2, 0) is 0 Å². The Morgan fingerprint density at radius 3 is 2.62 bits per heavy atom. The Kier molecular flexibility index (Phi) is 5.52. The van der Waals surface area contributed by atoms with Crippen molar-refractivity contribution >= 4 is 37.9 Å². The number of methoxy groups -OCH3 is 1. The van der Waals surface area contributed by atoms with Crippen molar-refractivity contribution in [1.29, 1.82) is 0 Å². The van der Waals surface area contributed by atoms with Gasteiger partial charge in [0.15, 0.2) is 0 Å². The lowest BCUT2D eigenvalue weighted by atomic mass is 10.1. The van der Waals surface area contributed by atoms with Gasteiger partial charge in [-0.3, -0.25) is 0 Å². The van der Waals surface area contributed by atoms with Gasteiger partial charge < -0.3 is 9.84 Å². The molecule has 0 heterocycles. The molecule has 1 N–H and O–H groups in total. The maximum atomic E-state index is 9.16. The van der Waals surface area contributed by atoms with Gasteiger partial charge in [-0.25, -0.2) is 0 Å². The van der Waals surface area contributed by atoms with E-state index in [0.29, 0.717) is 0 Å². The van der Waals surface area contributed by atoms with Crippen molar-refractivity contribution in [3.05, 3.63) is 32.2 Å². The maximum absolute atomic E-state index is 9.16. The minimum Gasteiger partial charge on any atom is -0.495 e. The molecule has 1 rings (SSSR count). The van der Waals surface area contributed by atoms with E-state index in [1.807, 2.05) is 25.1 Å². The molecule has 2 nitrogen and oxygen atoms in total. The number of hydrogen-bond acceptors (Lipinski definition) is 2. The van der Waals surface area contributed by atoms with Gasteiger partial charge in [-0.1, -0.05) is 22.9 Å². The molecule has 16 heavy (non-hydrogen) atoms. The molecular weight excluding hydrogens is 336 g/mol. The van der Waals surface area contributed by atoms with Crippen LogP contribution in [0.15, 0.2) is 26.7 Å². The summed E-state index contributed by atoms with van der Waals surface area (Å²) in [5.41, 5.74) is 1.93. The monoisotopic (exact) mass is 348 g/mol. The highest BCUT2D eigenvalue weighted by atomic mass is 79.9. The SMILES string of the molecule is CCC(=Cc1cc(Br)cc(Br)c1OC)CO. The van der Waals surface area contributed by atoms with Crippen LogP contribution < -0.4 is 4.74 Å². The third-order valence-electron chi connectivity index (χ3n) is 2.26. The lowest BCUT2D eigenvalue weighted by molar-refractivity contribution is 0.329. The Balaban J connectivity index is 3.26. The summed E-state index contributed by atoms with van der Waals surface area (Å²) in [6.07, 6.45) is 2.78. The summed E-state index contributed by atoms with van der Waals surface area (Å²) in [5.74, 6) is 0.780. The topological polar surface area (TPSA) is 29.5 Å². The largest absolute Gasteiger partial charge is 0.495 e. The zero-order valence-electron chi connectivity index (χ0n) is 9.26. The average molecular weight is 350 g/mol. The van der Waals surface area contributed by atoms with E-state index in [4.69, 9.17) is 9.84 Å². The van der Waals surface area contributed by atoms with Crippen molar-refractivity contribution in [2.24, 2.45) is 0 Å². The van der Waals surface area contributed by atoms with Gasteiger partial charge in [0.2, 0.25) is 0 Å². The highest BCUT2D eigenvalue weighted by Crippen LogP contribution is 2.34. The summed E-state index contributed by atoms with van der Waals surface area (Å²) in [6, 6.07) is 3.90. The van der Waals surface area contributed by atoms with Gasteiger partial charge in [0.05, 0.1) is 18.2 Å². The normalized spacial score (nSPS) is 11.7. The summed E-state index contributed by atoms with van der Waals surface area (Å²) in [6.45, 7) is 2.09. The fourth-order valence-corrected chi connectivity index (χ4v) is 2.80. The molecule has 4 heteroatoms. The van der Waals surface area contributed by atoms with Crippen LogP contribution in [0.4, 0.5) is 0 Å². The smallest absolute Gasteiger partial charge is 0.140 e. The number of rotatable bonds is 4. The third-order valence-corrected chi connectivity index (χ3v) is 3.30. The van der Waals surface area contributed by atoms with E-state index in [9.17, 15) is 0 Å². The number of halogens is 2. The fourth-order valence-electron chi connectivity index (χ4n) is 1.38. The molecule has 0 amide bonds. The molecule has 0 unspecified atom stereocenters. The quantitative estimate of drug-likeness (QED) is 0.890. The molecule has 0 spiro atoms. The lowest BCUT2D eigenvalue weighted by Gasteiger charge is -2.09. The molecule has 1 aromatic carbocycles. The highest BCUT2D eigenvalue weighted by molar-refractivity contribution is 9.11. The van der Waals surface area contributed by atoms with Gasteiger partial charge in [0, 0.05) is 10.0 Å². The lowest BCUT2D eigenvalue weighted by Crippen LogP contribution is -1.92. The van der Waals surface area contributed by atoms with E-state index in [1.54, 1.807) is 7.11 Å². The van der Waals surface area contributed by atoms with Crippen molar-refractivity contribution in [2.75, 3.05) is 13.7 Å². The van der Waals surface area contributed by atoms with E-state index in [0.717, 1.165) is 32.3 Å². The molecule has 0 radical (unpaired) electrons. The standard InChI is InChI=1S/C12H14Br2O2/c1-3-8(7-15)4-9-5-10(13)6-11(14)12(9)16-2/h4-6,15H,3,7H2,1-2H3. The predicted octanol–water partition coefficient (Wildman–Crippen LogP) is 4.01. The molecule has 0 saturated carbocycles. The third kappa shape index (κ3) is 3.34. The summed E-state index contributed by atoms with van der Waals surface area (Å²) >= 11 is 6.88. The highest BCUT2D eigenvalue weighted by Gasteiger charge is 2.07. The van der Waals surface area contributed by atoms with Crippen LogP contribution in [0.3, 0.4) is 0 Å². The Hall–Kier alpha value is -0.320. The van der Waals surface area contributed by atoms with Crippen LogP contribution in [0, 0.1) is 0 Å². The van der Waals surface area contributed by atoms with E-state index in [-0.39, 0.29) is 6.61 Å². The van der Waals surface area contributed by atoms with E-state index in [2.05, 4.69) is 31.9 Å². The summed E-state index contributed by atoms with van der Waals surface area (Å²) in [7, 11) is 1.63. The van der Waals surface area contributed by atoms with Gasteiger partial charge in [-0.2, -0.15) is 0 Å². The van der Waals surface area contributed by atoms with Crippen molar-refractivity contribution in [2.45, 2.75) is 13.3 Å². The van der Waals surface area contributed by atoms with Crippen molar-refractivity contribution < 1.29 is 9.84 Å². The predicted molar refractivity (Wildman–Crippen MR) is 73.7 cm³/mol. The van der Waals surface area contributed by atoms with Crippen LogP contribution >= 0.6 is 31.9 Å². The van der Waals surface area contributed by atoms with Crippen LogP contribution in [0.1, 0.15) is 18.9 Å². The van der Waals surface area contributed by atoms with Gasteiger partial charge >= 0.3 is 0 Å². The number of aliphatic hydroxyl groups is 1. The molecule has 0 bridgehead atoms. The van der Waals surface area contributed by atoms with Gasteiger partial charge in [-0.15, -0.1) is 0 Å². The second-order valence-corrected chi connectivity index (χ2v) is 5.09. The minimum atomic E-state index is 0.0732. The maximum Gasteiger partial charge on any atom is 0.140 e. The van der Waals surface area contributed by atoms with Crippen LogP contribution in [0.5, 0.6) is 5.75 Å². The Labute approximate surface area is 113 Å². The van der Waals surface area contributed by atoms with Gasteiger partial charge in [0.1, 0.15) is 5.75 Å². The first-order chi connectivity index (χ1) is 7.62. The van der Waals surface area contributed by atoms with Crippen LogP contribution in [0.25, 0.3) is 6.08 Å². The molecular formula is C12H14Br2O2. The Bertz CT molecular complexity index is 394. The number of benzene rings is 1. The van der Waals surface area contributed by atoms with Crippen molar-refractivity contribution in [3.8, 4) is 5.75 Å². The van der Waals surface area contributed by atoms with E-state index in [1.165, 1.54) is 0 Å². The first-order valence-corrected chi connectivity index (χ1v) is 6.54. The summed E-state index contributed by atoms with van der Waals surface area (Å²) < 4.78 is 7.19. The molecule has 0 aliphatic carbocycles. The van der Waals surface area contributed by atoms with Crippen LogP contribution in [-0.4, -0.2) is 18.8 Å². The molecule has 88 valence electrons. The molecule has 0 saturated heterocycles. The Morgan fingerprint density at radius 1 is 1.44 bits per heavy atom. The second-order valence-electron chi connectivity index (χ2n) is 3.32. The summed E-state index contributed by atoms with van der Waals surface area (Å²) in [4.78, 5) is 0. The van der Waals surface area contributed by atoms with Crippen molar-refractivity contribution in [1.82, 2.24) is 0 Å². The molecule has 1 aromatic rings. The second kappa shape index (κ2) is 6.42. The zero-order chi connectivity index (χ0) is 12.1. The van der Waals surface area contributed by atoms with Crippen molar-refractivity contribution in [3.63, 3.8) is 0 Å². The van der Waals surface area contributed by atoms with Crippen LogP contribution in [0.2, 0.25) is 0 Å². The molecule has 0 aromatic heterocycles.